The Bertz CT molecular complexity index is 609. The van der Waals surface area contributed by atoms with Crippen LogP contribution in [0.1, 0.15) is 12.1 Å². The zero-order valence-electron chi connectivity index (χ0n) is 12.2. The number of aliphatic hydroxyl groups excluding tert-OH is 1. The molecule has 0 aromatic carbocycles. The lowest BCUT2D eigenvalue weighted by Gasteiger charge is -2.28. The van der Waals surface area contributed by atoms with Crippen LogP contribution in [0.2, 0.25) is 0 Å². The van der Waals surface area contributed by atoms with Gasteiger partial charge in [0.2, 0.25) is 0 Å². The average Bonchev–Trinajstić information content (AvgIpc) is 2.90. The minimum absolute atomic E-state index is 0.286. The summed E-state index contributed by atoms with van der Waals surface area (Å²) in [6, 6.07) is 2.33. The number of fused-ring (bicyclic) bond motifs is 1. The van der Waals surface area contributed by atoms with Crippen molar-refractivity contribution in [3.63, 3.8) is 0 Å². The van der Waals surface area contributed by atoms with Crippen LogP contribution in [0.5, 0.6) is 0 Å². The summed E-state index contributed by atoms with van der Waals surface area (Å²) in [5.74, 6) is 0.913. The minimum atomic E-state index is -0.286. The molecule has 6 heteroatoms. The Kier molecular flexibility index (Phi) is 3.35. The zero-order valence-corrected chi connectivity index (χ0v) is 12.2. The molecular weight excluding hydrogens is 254 g/mol. The van der Waals surface area contributed by atoms with Crippen LogP contribution in [0.25, 0.3) is 5.52 Å². The van der Waals surface area contributed by atoms with E-state index in [4.69, 9.17) is 0 Å². The molecule has 2 aromatic rings. The highest BCUT2D eigenvalue weighted by atomic mass is 16.3. The van der Waals surface area contributed by atoms with Gasteiger partial charge in [0.1, 0.15) is 5.52 Å². The maximum Gasteiger partial charge on any atom is 0.155 e. The second-order valence-corrected chi connectivity index (χ2v) is 5.82. The van der Waals surface area contributed by atoms with E-state index in [-0.39, 0.29) is 12.1 Å². The first-order valence-electron chi connectivity index (χ1n) is 6.95. The number of rotatable bonds is 3. The minimum Gasteiger partial charge on any atom is -0.391 e. The van der Waals surface area contributed by atoms with E-state index in [1.54, 1.807) is 6.20 Å². The van der Waals surface area contributed by atoms with Gasteiger partial charge in [0.25, 0.3) is 0 Å². The molecule has 1 saturated heterocycles. The molecule has 0 amide bonds. The van der Waals surface area contributed by atoms with E-state index >= 15 is 0 Å². The number of aromatic nitrogens is 3. The molecule has 1 N–H and O–H groups in total. The molecule has 3 rings (SSSR count). The van der Waals surface area contributed by atoms with Crippen LogP contribution in [-0.4, -0.2) is 63.9 Å². The number of β-amino-alcohol motifs (C(OH)–C–C–N with tert-alkyl or cyclic N) is 1. The zero-order chi connectivity index (χ0) is 14.3. The van der Waals surface area contributed by atoms with E-state index < -0.39 is 0 Å². The third-order valence-corrected chi connectivity index (χ3v) is 3.73. The lowest BCUT2D eigenvalue weighted by Crippen LogP contribution is -2.38. The highest BCUT2D eigenvalue weighted by molar-refractivity contribution is 5.70. The lowest BCUT2D eigenvalue weighted by atomic mass is 10.2. The van der Waals surface area contributed by atoms with E-state index in [1.807, 2.05) is 23.7 Å². The number of nitrogens with zero attached hydrogens (tertiary/aromatic N) is 5. The van der Waals surface area contributed by atoms with Gasteiger partial charge in [-0.1, -0.05) is 0 Å². The topological polar surface area (TPSA) is 56.9 Å². The third-order valence-electron chi connectivity index (χ3n) is 3.73. The number of anilines is 1. The van der Waals surface area contributed by atoms with Crippen molar-refractivity contribution in [1.29, 1.82) is 0 Å². The van der Waals surface area contributed by atoms with Gasteiger partial charge in [-0.3, -0.25) is 0 Å². The van der Waals surface area contributed by atoms with Crippen LogP contribution in [0.4, 0.5) is 5.82 Å². The third kappa shape index (κ3) is 2.36. The molecule has 1 aliphatic heterocycles. The summed E-state index contributed by atoms with van der Waals surface area (Å²) in [6.07, 6.45) is 4.13. The van der Waals surface area contributed by atoms with E-state index in [0.717, 1.165) is 30.0 Å². The summed E-state index contributed by atoms with van der Waals surface area (Å²) in [4.78, 5) is 8.89. The molecule has 0 spiro atoms. The van der Waals surface area contributed by atoms with Gasteiger partial charge in [-0.2, -0.15) is 5.10 Å². The number of likely N-dealkylation sites (N-methyl/N-ethyl adjacent to an activating group) is 1. The van der Waals surface area contributed by atoms with Crippen LogP contribution >= 0.6 is 0 Å². The van der Waals surface area contributed by atoms with Crippen molar-refractivity contribution in [2.75, 3.05) is 32.1 Å². The summed E-state index contributed by atoms with van der Waals surface area (Å²) in [5.41, 5.74) is 1.98. The highest BCUT2D eigenvalue weighted by Gasteiger charge is 2.33. The van der Waals surface area contributed by atoms with Gasteiger partial charge in [0, 0.05) is 31.5 Å². The molecule has 3 heterocycles. The monoisotopic (exact) mass is 275 g/mol. The smallest absolute Gasteiger partial charge is 0.155 e. The average molecular weight is 275 g/mol. The Morgan fingerprint density at radius 1 is 1.45 bits per heavy atom. The first-order valence-corrected chi connectivity index (χ1v) is 6.95. The molecule has 0 saturated carbocycles. The van der Waals surface area contributed by atoms with Crippen molar-refractivity contribution in [2.24, 2.45) is 0 Å². The largest absolute Gasteiger partial charge is 0.391 e. The SMILES string of the molecule is Cc1cc2c(N3CC(O)CC3CN(C)C)nccn2n1. The standard InChI is InChI=1S/C14H21N5O/c1-10-6-13-14(15-4-5-19(13)16-10)18-9-12(20)7-11(18)8-17(2)3/h4-6,11-12,20H,7-9H2,1-3H3. The van der Waals surface area contributed by atoms with Gasteiger partial charge < -0.3 is 14.9 Å². The van der Waals surface area contributed by atoms with Gasteiger partial charge in [0.15, 0.2) is 5.82 Å². The summed E-state index contributed by atoms with van der Waals surface area (Å²) in [7, 11) is 4.11. The molecule has 2 unspecified atom stereocenters. The Balaban J connectivity index is 2.00. The van der Waals surface area contributed by atoms with E-state index in [1.165, 1.54) is 0 Å². The summed E-state index contributed by atoms with van der Waals surface area (Å²) in [6.45, 7) is 3.52. The van der Waals surface area contributed by atoms with Crippen LogP contribution < -0.4 is 4.90 Å². The second-order valence-electron chi connectivity index (χ2n) is 5.82. The molecule has 1 fully saturated rings. The van der Waals surface area contributed by atoms with Gasteiger partial charge in [-0.15, -0.1) is 0 Å². The molecule has 1 aliphatic rings. The Morgan fingerprint density at radius 2 is 2.25 bits per heavy atom. The van der Waals surface area contributed by atoms with Gasteiger partial charge in [0.05, 0.1) is 11.8 Å². The van der Waals surface area contributed by atoms with Crippen molar-refractivity contribution in [2.45, 2.75) is 25.5 Å². The quantitative estimate of drug-likeness (QED) is 0.886. The van der Waals surface area contributed by atoms with Crippen molar-refractivity contribution in [3.05, 3.63) is 24.2 Å². The lowest BCUT2D eigenvalue weighted by molar-refractivity contribution is 0.191. The molecule has 108 valence electrons. The van der Waals surface area contributed by atoms with Gasteiger partial charge in [-0.25, -0.2) is 9.50 Å². The number of hydrogen-bond acceptors (Lipinski definition) is 5. The van der Waals surface area contributed by atoms with Crippen molar-refractivity contribution < 1.29 is 5.11 Å². The number of hydrogen-bond donors (Lipinski definition) is 1. The summed E-state index contributed by atoms with van der Waals surface area (Å²) in [5, 5.41) is 14.4. The fourth-order valence-corrected chi connectivity index (χ4v) is 3.00. The normalized spacial score (nSPS) is 23.1. The first kappa shape index (κ1) is 13.3. The van der Waals surface area contributed by atoms with E-state index in [0.29, 0.717) is 6.54 Å². The molecule has 6 nitrogen and oxygen atoms in total. The molecular formula is C14H21N5O. The summed E-state index contributed by atoms with van der Waals surface area (Å²) < 4.78 is 1.86. The Morgan fingerprint density at radius 3 is 3.00 bits per heavy atom. The molecule has 0 radical (unpaired) electrons. The van der Waals surface area contributed by atoms with Gasteiger partial charge >= 0.3 is 0 Å². The Hall–Kier alpha value is -1.66. The number of aryl methyl sites for hydroxylation is 1. The summed E-state index contributed by atoms with van der Waals surface area (Å²) >= 11 is 0. The number of aliphatic hydroxyl groups is 1. The fourth-order valence-electron chi connectivity index (χ4n) is 3.00. The molecule has 2 aromatic heterocycles. The second kappa shape index (κ2) is 5.03. The van der Waals surface area contributed by atoms with Gasteiger partial charge in [-0.05, 0) is 33.5 Å². The van der Waals surface area contributed by atoms with E-state index in [2.05, 4.69) is 34.0 Å². The van der Waals surface area contributed by atoms with Crippen molar-refractivity contribution in [1.82, 2.24) is 19.5 Å². The van der Waals surface area contributed by atoms with Crippen LogP contribution in [0, 0.1) is 6.92 Å². The Labute approximate surface area is 118 Å². The predicted molar refractivity (Wildman–Crippen MR) is 78.0 cm³/mol. The van der Waals surface area contributed by atoms with Crippen LogP contribution in [0.15, 0.2) is 18.5 Å². The van der Waals surface area contributed by atoms with Crippen LogP contribution in [-0.2, 0) is 0 Å². The predicted octanol–water partition coefficient (Wildman–Crippen LogP) is 0.539. The molecule has 0 bridgehead atoms. The fraction of sp³-hybridized carbons (Fsp3) is 0.571. The van der Waals surface area contributed by atoms with Crippen molar-refractivity contribution >= 4 is 11.3 Å². The molecule has 0 aliphatic carbocycles. The van der Waals surface area contributed by atoms with E-state index in [9.17, 15) is 5.11 Å². The molecule has 2 atom stereocenters. The maximum atomic E-state index is 10.0. The first-order chi connectivity index (χ1) is 9.54. The molecule has 20 heavy (non-hydrogen) atoms. The maximum absolute atomic E-state index is 10.0. The van der Waals surface area contributed by atoms with Crippen molar-refractivity contribution in [3.8, 4) is 0 Å². The highest BCUT2D eigenvalue weighted by Crippen LogP contribution is 2.28. The van der Waals surface area contributed by atoms with Crippen LogP contribution in [0.3, 0.4) is 0 Å².